The van der Waals surface area contributed by atoms with Crippen LogP contribution in [0.4, 0.5) is 5.69 Å². The standard InChI is InChI=1S/C23H33N5O3/c1-24-23(28-12-10-27(11-13-28)22(30)20-9-4-14-31-20)25-16-17-5-2-8-19(15-17)26-21(29)18-6-3-7-18/h2,5,8,15,18,20H,3-4,6-7,9-14,16H2,1H3,(H,24,25)(H,26,29). The first kappa shape index (κ1) is 21.6. The summed E-state index contributed by atoms with van der Waals surface area (Å²) in [5, 5.41) is 6.45. The van der Waals surface area contributed by atoms with E-state index in [2.05, 4.69) is 20.5 Å². The first-order valence-corrected chi connectivity index (χ1v) is 11.4. The SMILES string of the molecule is CN=C(NCc1cccc(NC(=O)C2CCC2)c1)N1CCN(C(=O)C2CCCO2)CC1. The van der Waals surface area contributed by atoms with Crippen LogP contribution in [0.2, 0.25) is 0 Å². The van der Waals surface area contributed by atoms with E-state index in [4.69, 9.17) is 4.74 Å². The zero-order chi connectivity index (χ0) is 21.6. The number of guanidine groups is 1. The molecule has 3 aliphatic rings. The Hall–Kier alpha value is -2.61. The molecule has 2 amide bonds. The molecule has 0 radical (unpaired) electrons. The predicted molar refractivity (Wildman–Crippen MR) is 120 cm³/mol. The molecule has 31 heavy (non-hydrogen) atoms. The topological polar surface area (TPSA) is 86.3 Å². The van der Waals surface area contributed by atoms with Gasteiger partial charge in [-0.1, -0.05) is 18.6 Å². The number of hydrogen-bond acceptors (Lipinski definition) is 4. The monoisotopic (exact) mass is 427 g/mol. The van der Waals surface area contributed by atoms with Crippen LogP contribution in [-0.4, -0.2) is 73.5 Å². The van der Waals surface area contributed by atoms with Crippen molar-refractivity contribution in [2.24, 2.45) is 10.9 Å². The molecule has 1 unspecified atom stereocenters. The summed E-state index contributed by atoms with van der Waals surface area (Å²) in [5.41, 5.74) is 1.92. The molecular weight excluding hydrogens is 394 g/mol. The van der Waals surface area contributed by atoms with E-state index in [1.54, 1.807) is 7.05 Å². The number of rotatable bonds is 5. The molecule has 0 spiro atoms. The van der Waals surface area contributed by atoms with Gasteiger partial charge in [-0.15, -0.1) is 0 Å². The maximum Gasteiger partial charge on any atom is 0.251 e. The molecular formula is C23H33N5O3. The molecule has 1 aromatic carbocycles. The van der Waals surface area contributed by atoms with Crippen LogP contribution in [0.5, 0.6) is 0 Å². The van der Waals surface area contributed by atoms with E-state index in [9.17, 15) is 9.59 Å². The van der Waals surface area contributed by atoms with Crippen molar-refractivity contribution in [2.75, 3.05) is 45.2 Å². The van der Waals surface area contributed by atoms with Gasteiger partial charge in [0.05, 0.1) is 0 Å². The van der Waals surface area contributed by atoms with E-state index in [1.807, 2.05) is 29.2 Å². The number of amides is 2. The van der Waals surface area contributed by atoms with Gasteiger partial charge in [-0.3, -0.25) is 14.6 Å². The second-order valence-corrected chi connectivity index (χ2v) is 8.53. The van der Waals surface area contributed by atoms with E-state index in [0.29, 0.717) is 26.2 Å². The third kappa shape index (κ3) is 5.36. The molecule has 1 atom stereocenters. The van der Waals surface area contributed by atoms with Crippen molar-refractivity contribution in [1.82, 2.24) is 15.1 Å². The summed E-state index contributed by atoms with van der Waals surface area (Å²) in [7, 11) is 1.78. The summed E-state index contributed by atoms with van der Waals surface area (Å²) in [6.07, 6.45) is 4.70. The third-order valence-electron chi connectivity index (χ3n) is 6.43. The Balaban J connectivity index is 1.25. The lowest BCUT2D eigenvalue weighted by molar-refractivity contribution is -0.142. The van der Waals surface area contributed by atoms with Gasteiger partial charge in [0.15, 0.2) is 5.96 Å². The Morgan fingerprint density at radius 1 is 1.10 bits per heavy atom. The van der Waals surface area contributed by atoms with Gasteiger partial charge in [0.2, 0.25) is 5.91 Å². The number of carbonyl (C=O) groups excluding carboxylic acids is 2. The van der Waals surface area contributed by atoms with Gasteiger partial charge in [-0.05, 0) is 43.4 Å². The van der Waals surface area contributed by atoms with E-state index in [1.165, 1.54) is 0 Å². The first-order valence-electron chi connectivity index (χ1n) is 11.4. The van der Waals surface area contributed by atoms with Crippen LogP contribution < -0.4 is 10.6 Å². The quantitative estimate of drug-likeness (QED) is 0.553. The zero-order valence-electron chi connectivity index (χ0n) is 18.3. The molecule has 8 nitrogen and oxygen atoms in total. The predicted octanol–water partition coefficient (Wildman–Crippen LogP) is 1.82. The number of benzene rings is 1. The summed E-state index contributed by atoms with van der Waals surface area (Å²) < 4.78 is 5.54. The number of hydrogen-bond donors (Lipinski definition) is 2. The highest BCUT2D eigenvalue weighted by molar-refractivity contribution is 5.93. The Kier molecular flexibility index (Phi) is 7.06. The average molecular weight is 428 g/mol. The zero-order valence-corrected chi connectivity index (χ0v) is 18.3. The van der Waals surface area contributed by atoms with E-state index < -0.39 is 0 Å². The maximum atomic E-state index is 12.5. The van der Waals surface area contributed by atoms with Crippen LogP contribution >= 0.6 is 0 Å². The van der Waals surface area contributed by atoms with Gasteiger partial charge in [-0.25, -0.2) is 0 Å². The molecule has 4 rings (SSSR count). The first-order chi connectivity index (χ1) is 15.1. The summed E-state index contributed by atoms with van der Waals surface area (Å²) in [4.78, 5) is 33.2. The van der Waals surface area contributed by atoms with E-state index in [-0.39, 0.29) is 23.8 Å². The molecule has 3 fully saturated rings. The molecule has 1 aromatic rings. The fourth-order valence-corrected chi connectivity index (χ4v) is 4.30. The van der Waals surface area contributed by atoms with Gasteiger partial charge >= 0.3 is 0 Å². The number of anilines is 1. The molecule has 0 bridgehead atoms. The van der Waals surface area contributed by atoms with Crippen molar-refractivity contribution >= 4 is 23.5 Å². The van der Waals surface area contributed by atoms with Crippen molar-refractivity contribution in [3.8, 4) is 0 Å². The minimum atomic E-state index is -0.249. The highest BCUT2D eigenvalue weighted by atomic mass is 16.5. The third-order valence-corrected chi connectivity index (χ3v) is 6.43. The number of carbonyl (C=O) groups is 2. The second-order valence-electron chi connectivity index (χ2n) is 8.53. The van der Waals surface area contributed by atoms with E-state index >= 15 is 0 Å². The number of ether oxygens (including phenoxy) is 1. The summed E-state index contributed by atoms with van der Waals surface area (Å²) in [5.74, 6) is 1.25. The lowest BCUT2D eigenvalue weighted by Crippen LogP contribution is -2.55. The van der Waals surface area contributed by atoms with Gasteiger partial charge in [0.25, 0.3) is 5.91 Å². The number of nitrogens with one attached hydrogen (secondary N) is 2. The molecule has 2 saturated heterocycles. The molecule has 8 heteroatoms. The van der Waals surface area contributed by atoms with Gasteiger partial charge in [-0.2, -0.15) is 0 Å². The molecule has 2 aliphatic heterocycles. The molecule has 2 N–H and O–H groups in total. The van der Waals surface area contributed by atoms with Crippen LogP contribution in [-0.2, 0) is 20.9 Å². The second kappa shape index (κ2) is 10.1. The average Bonchev–Trinajstić information content (AvgIpc) is 3.28. The maximum absolute atomic E-state index is 12.5. The van der Waals surface area contributed by atoms with Crippen molar-refractivity contribution < 1.29 is 14.3 Å². The van der Waals surface area contributed by atoms with Crippen molar-refractivity contribution in [2.45, 2.75) is 44.8 Å². The largest absolute Gasteiger partial charge is 0.368 e. The van der Waals surface area contributed by atoms with Gasteiger partial charge in [0.1, 0.15) is 6.10 Å². The van der Waals surface area contributed by atoms with Crippen molar-refractivity contribution in [1.29, 1.82) is 0 Å². The Labute approximate surface area is 184 Å². The normalized spacial score (nSPS) is 22.2. The molecule has 168 valence electrons. The van der Waals surface area contributed by atoms with Crippen LogP contribution in [0.1, 0.15) is 37.7 Å². The molecule has 0 aromatic heterocycles. The fourth-order valence-electron chi connectivity index (χ4n) is 4.30. The molecule has 2 heterocycles. The highest BCUT2D eigenvalue weighted by Crippen LogP contribution is 2.27. The smallest absolute Gasteiger partial charge is 0.251 e. The van der Waals surface area contributed by atoms with Crippen LogP contribution in [0.15, 0.2) is 29.3 Å². The van der Waals surface area contributed by atoms with Crippen LogP contribution in [0.3, 0.4) is 0 Å². The van der Waals surface area contributed by atoms with Crippen LogP contribution in [0, 0.1) is 5.92 Å². The lowest BCUT2D eigenvalue weighted by atomic mass is 9.85. The molecule has 1 saturated carbocycles. The summed E-state index contributed by atoms with van der Waals surface area (Å²) >= 11 is 0. The number of piperazine rings is 1. The molecule has 1 aliphatic carbocycles. The van der Waals surface area contributed by atoms with Crippen molar-refractivity contribution in [3.63, 3.8) is 0 Å². The van der Waals surface area contributed by atoms with Crippen LogP contribution in [0.25, 0.3) is 0 Å². The number of aliphatic imine (C=N–C) groups is 1. The lowest BCUT2D eigenvalue weighted by Gasteiger charge is -2.37. The summed E-state index contributed by atoms with van der Waals surface area (Å²) in [6.45, 7) is 4.17. The van der Waals surface area contributed by atoms with Crippen molar-refractivity contribution in [3.05, 3.63) is 29.8 Å². The number of nitrogens with zero attached hydrogens (tertiary/aromatic N) is 3. The Bertz CT molecular complexity index is 809. The fraction of sp³-hybridized carbons (Fsp3) is 0.609. The van der Waals surface area contributed by atoms with Gasteiger partial charge in [0, 0.05) is 58.0 Å². The Morgan fingerprint density at radius 2 is 1.87 bits per heavy atom. The van der Waals surface area contributed by atoms with E-state index in [0.717, 1.165) is 62.4 Å². The minimum absolute atomic E-state index is 0.126. The minimum Gasteiger partial charge on any atom is -0.368 e. The highest BCUT2D eigenvalue weighted by Gasteiger charge is 2.31. The van der Waals surface area contributed by atoms with Gasteiger partial charge < -0.3 is 25.2 Å². The Morgan fingerprint density at radius 3 is 2.52 bits per heavy atom. The summed E-state index contributed by atoms with van der Waals surface area (Å²) in [6, 6.07) is 7.94.